The first-order valence-corrected chi connectivity index (χ1v) is 18.5. The Morgan fingerprint density at radius 1 is 1.07 bits per heavy atom. The minimum absolute atomic E-state index is 0.192. The highest BCUT2D eigenvalue weighted by Gasteiger charge is 2.64. The molecule has 6 unspecified atom stereocenters. The molecule has 0 amide bonds. The van der Waals surface area contributed by atoms with Gasteiger partial charge in [-0.05, 0) is 121 Å². The number of benzene rings is 1. The van der Waals surface area contributed by atoms with E-state index < -0.39 is 7.82 Å². The minimum atomic E-state index is -3.64. The van der Waals surface area contributed by atoms with Crippen LogP contribution >= 0.6 is 19.4 Å². The summed E-state index contributed by atoms with van der Waals surface area (Å²) in [5.41, 5.74) is 1.30. The van der Waals surface area contributed by atoms with Crippen molar-refractivity contribution in [2.75, 3.05) is 13.2 Å². The second-order valence-electron chi connectivity index (χ2n) is 14.9. The summed E-state index contributed by atoms with van der Waals surface area (Å²) in [4.78, 5) is 0. The Morgan fingerprint density at radius 3 is 2.60 bits per heavy atom. The number of fused-ring (bicyclic) bond motifs is 5. The monoisotopic (exact) mass is 622 g/mol. The smallest absolute Gasteiger partial charge is 0.393 e. The predicted octanol–water partition coefficient (Wildman–Crippen LogP) is 8.60. The highest BCUT2D eigenvalue weighted by molar-refractivity contribution is 7.48. The molecule has 0 spiro atoms. The maximum atomic E-state index is 13.4. The molecule has 4 saturated carbocycles. The van der Waals surface area contributed by atoms with Gasteiger partial charge in [-0.3, -0.25) is 13.6 Å². The van der Waals surface area contributed by atoms with E-state index in [1.54, 1.807) is 0 Å². The summed E-state index contributed by atoms with van der Waals surface area (Å²) in [6.07, 6.45) is 9.14. The number of aliphatic hydroxyl groups excluding tert-OH is 2. The Hall–Kier alpha value is -0.460. The van der Waals surface area contributed by atoms with Gasteiger partial charge in [-0.1, -0.05) is 57.8 Å². The van der Waals surface area contributed by atoms with Crippen LogP contribution in [0.2, 0.25) is 5.02 Å². The van der Waals surface area contributed by atoms with Crippen LogP contribution in [0.15, 0.2) is 24.3 Å². The van der Waals surface area contributed by atoms with Crippen molar-refractivity contribution in [3.05, 3.63) is 34.9 Å². The standard InChI is InChI=1S/C34H52ClO6P/c1-5-25-29-20-24(36)11-15-34(29,4)28-12-16-33(3)26(9-10-27(33)31(28)32(25)37)21(2)13-17-39-42(38)40-18-14-30(41-42)22-7-6-8-23(35)19-22/h6-8,19,21,24-32,36-37H,5,9-18,20H2,1-4H3/t21-,24-,25-,26-,27?,28?,29?,30+,31?,32?,33-,34-,42?/m1/s1. The molecule has 2 N–H and O–H groups in total. The van der Waals surface area contributed by atoms with Gasteiger partial charge in [0.05, 0.1) is 31.5 Å². The number of rotatable bonds is 7. The van der Waals surface area contributed by atoms with Gasteiger partial charge in [-0.15, -0.1) is 0 Å². The molecular formula is C34H52ClO6P. The van der Waals surface area contributed by atoms with Crippen molar-refractivity contribution in [3.8, 4) is 0 Å². The fourth-order valence-electron chi connectivity index (χ4n) is 11.0. The van der Waals surface area contributed by atoms with Gasteiger partial charge in [0.1, 0.15) is 0 Å². The van der Waals surface area contributed by atoms with Gasteiger partial charge < -0.3 is 10.2 Å². The van der Waals surface area contributed by atoms with Crippen molar-refractivity contribution in [3.63, 3.8) is 0 Å². The fraction of sp³-hybridized carbons (Fsp3) is 0.824. The SMILES string of the molecule is CC[C@H]1C(O)C2C(CC[C@@]3(C)C2CC[C@@H]3[C@H](C)CCOP2(=O)OCC[C@@H](c3cccc(Cl)c3)O2)[C@@]2(C)CC[C@@H](O)CC12. The molecule has 0 radical (unpaired) electrons. The largest absolute Gasteiger partial charge is 0.475 e. The van der Waals surface area contributed by atoms with Gasteiger partial charge in [0.15, 0.2) is 0 Å². The lowest BCUT2D eigenvalue weighted by atomic mass is 9.41. The lowest BCUT2D eigenvalue weighted by molar-refractivity contribution is -0.203. The molecule has 1 heterocycles. The average molecular weight is 623 g/mol. The van der Waals surface area contributed by atoms with E-state index >= 15 is 0 Å². The molecule has 1 saturated heterocycles. The van der Waals surface area contributed by atoms with Crippen molar-refractivity contribution in [2.45, 2.75) is 110 Å². The van der Waals surface area contributed by atoms with Crippen LogP contribution in [0.25, 0.3) is 0 Å². The van der Waals surface area contributed by atoms with Crippen molar-refractivity contribution in [2.24, 2.45) is 52.3 Å². The third kappa shape index (κ3) is 5.48. The molecule has 4 aliphatic carbocycles. The van der Waals surface area contributed by atoms with E-state index in [1.165, 1.54) is 25.7 Å². The van der Waals surface area contributed by atoms with E-state index in [0.29, 0.717) is 60.2 Å². The zero-order valence-electron chi connectivity index (χ0n) is 25.9. The van der Waals surface area contributed by atoms with E-state index in [1.807, 2.05) is 24.3 Å². The molecule has 0 aromatic heterocycles. The average Bonchev–Trinajstić information content (AvgIpc) is 3.31. The third-order valence-electron chi connectivity index (χ3n) is 13.1. The van der Waals surface area contributed by atoms with Gasteiger partial charge in [0, 0.05) is 11.4 Å². The third-order valence-corrected chi connectivity index (χ3v) is 14.8. The molecule has 1 aromatic carbocycles. The molecule has 1 aromatic rings. The van der Waals surface area contributed by atoms with E-state index in [-0.39, 0.29) is 35.1 Å². The maximum Gasteiger partial charge on any atom is 0.475 e. The molecule has 42 heavy (non-hydrogen) atoms. The summed E-state index contributed by atoms with van der Waals surface area (Å²) in [7, 11) is -3.64. The van der Waals surface area contributed by atoms with Crippen molar-refractivity contribution in [1.82, 2.24) is 0 Å². The van der Waals surface area contributed by atoms with E-state index in [4.69, 9.17) is 25.2 Å². The molecule has 6 nitrogen and oxygen atoms in total. The highest BCUT2D eigenvalue weighted by atomic mass is 35.5. The first kappa shape index (κ1) is 31.5. The Kier molecular flexibility index (Phi) is 9.04. The summed E-state index contributed by atoms with van der Waals surface area (Å²) in [6, 6.07) is 7.47. The predicted molar refractivity (Wildman–Crippen MR) is 165 cm³/mol. The van der Waals surface area contributed by atoms with E-state index in [2.05, 4.69) is 27.7 Å². The Labute approximate surface area is 257 Å². The van der Waals surface area contributed by atoms with Crippen LogP contribution in [0, 0.1) is 52.3 Å². The van der Waals surface area contributed by atoms with Gasteiger partial charge in [0.25, 0.3) is 0 Å². The molecule has 5 aliphatic rings. The molecule has 1 aliphatic heterocycles. The van der Waals surface area contributed by atoms with Crippen molar-refractivity contribution in [1.29, 1.82) is 0 Å². The molecule has 0 bridgehead atoms. The summed E-state index contributed by atoms with van der Waals surface area (Å²) in [6.45, 7) is 10.2. The van der Waals surface area contributed by atoms with Crippen LogP contribution < -0.4 is 0 Å². The van der Waals surface area contributed by atoms with Crippen LogP contribution in [0.4, 0.5) is 0 Å². The number of halogens is 1. The number of hydrogen-bond acceptors (Lipinski definition) is 6. The number of hydrogen-bond donors (Lipinski definition) is 2. The normalized spacial score (nSPS) is 47.7. The van der Waals surface area contributed by atoms with Gasteiger partial charge in [0.2, 0.25) is 0 Å². The Bertz CT molecular complexity index is 1160. The quantitative estimate of drug-likeness (QED) is 0.296. The lowest BCUT2D eigenvalue weighted by Crippen LogP contribution is -2.62. The lowest BCUT2D eigenvalue weighted by Gasteiger charge is -2.64. The fourth-order valence-corrected chi connectivity index (χ4v) is 12.6. The van der Waals surface area contributed by atoms with Crippen LogP contribution in [0.3, 0.4) is 0 Å². The molecule has 13 atom stereocenters. The Morgan fingerprint density at radius 2 is 1.83 bits per heavy atom. The summed E-state index contributed by atoms with van der Waals surface area (Å²) in [5.74, 6) is 3.08. The molecular weight excluding hydrogens is 571 g/mol. The molecule has 8 heteroatoms. The second kappa shape index (κ2) is 12.0. The highest BCUT2D eigenvalue weighted by Crippen LogP contribution is 2.69. The zero-order chi connectivity index (χ0) is 29.9. The van der Waals surface area contributed by atoms with Crippen LogP contribution in [0.1, 0.15) is 104 Å². The molecule has 6 rings (SSSR count). The van der Waals surface area contributed by atoms with Gasteiger partial charge in [-0.2, -0.15) is 0 Å². The van der Waals surface area contributed by atoms with Crippen molar-refractivity contribution < 1.29 is 28.3 Å². The maximum absolute atomic E-state index is 13.4. The second-order valence-corrected chi connectivity index (χ2v) is 17.0. The summed E-state index contributed by atoms with van der Waals surface area (Å²) >= 11 is 6.17. The molecule has 5 fully saturated rings. The number of phosphoric ester groups is 1. The van der Waals surface area contributed by atoms with E-state index in [9.17, 15) is 14.8 Å². The summed E-state index contributed by atoms with van der Waals surface area (Å²) < 4.78 is 30.7. The van der Waals surface area contributed by atoms with E-state index in [0.717, 1.165) is 37.7 Å². The van der Waals surface area contributed by atoms with Gasteiger partial charge >= 0.3 is 7.82 Å². The van der Waals surface area contributed by atoms with Crippen LogP contribution in [-0.2, 0) is 18.1 Å². The zero-order valence-corrected chi connectivity index (χ0v) is 27.6. The Balaban J connectivity index is 1.10. The van der Waals surface area contributed by atoms with Crippen LogP contribution in [-0.4, -0.2) is 35.6 Å². The van der Waals surface area contributed by atoms with Crippen LogP contribution in [0.5, 0.6) is 0 Å². The first-order chi connectivity index (χ1) is 20.0. The van der Waals surface area contributed by atoms with Gasteiger partial charge in [-0.25, -0.2) is 4.57 Å². The number of aliphatic hydroxyl groups is 2. The molecule has 236 valence electrons. The number of phosphoric acid groups is 1. The first-order valence-electron chi connectivity index (χ1n) is 16.7. The summed E-state index contributed by atoms with van der Waals surface area (Å²) in [5, 5.41) is 23.1. The topological polar surface area (TPSA) is 85.2 Å². The van der Waals surface area contributed by atoms with Crippen molar-refractivity contribution >= 4 is 19.4 Å². The minimum Gasteiger partial charge on any atom is -0.393 e.